The molecule has 0 saturated carbocycles. The number of carbonyl (C=O) groups excluding carboxylic acids is 2. The van der Waals surface area contributed by atoms with E-state index in [1.807, 2.05) is 0 Å². The highest BCUT2D eigenvalue weighted by Crippen LogP contribution is 2.17. The Morgan fingerprint density at radius 1 is 0.443 bits per heavy atom. The van der Waals surface area contributed by atoms with E-state index < -0.39 is 12.1 Å². The van der Waals surface area contributed by atoms with Crippen molar-refractivity contribution in [1.29, 1.82) is 0 Å². The molecule has 6 heteroatoms. The average molecular weight is 862 g/mol. The summed E-state index contributed by atoms with van der Waals surface area (Å²) in [5, 5.41) is 23.1. The van der Waals surface area contributed by atoms with Gasteiger partial charge in [-0.2, -0.15) is 0 Å². The molecule has 0 fully saturated rings. The molecule has 0 heterocycles. The van der Waals surface area contributed by atoms with Crippen LogP contribution in [0.3, 0.4) is 0 Å². The van der Waals surface area contributed by atoms with Gasteiger partial charge < -0.3 is 20.3 Å². The molecule has 3 N–H and O–H groups in total. The smallest absolute Gasteiger partial charge is 0.305 e. The maximum atomic E-state index is 12.4. The first-order valence-corrected chi connectivity index (χ1v) is 27.4. The number of hydrogen-bond acceptors (Lipinski definition) is 5. The standard InChI is InChI=1S/C55H107NO5/c1-3-5-7-9-11-13-15-24-29-33-37-41-45-49-55(60)61-50-46-42-38-34-30-26-23-21-19-17-16-18-20-22-25-28-32-36-40-44-48-54(59)56-52(51-57)53(58)47-43-39-35-31-27-14-12-10-8-6-4-2/h16,18,52-53,57-58H,3-15,17,19-51H2,1-2H3,(H,56,59)/b18-16-. The molecule has 0 aliphatic heterocycles. The number of allylic oxidation sites excluding steroid dienone is 2. The van der Waals surface area contributed by atoms with Gasteiger partial charge in [0.2, 0.25) is 5.91 Å². The van der Waals surface area contributed by atoms with Crippen molar-refractivity contribution in [1.82, 2.24) is 5.32 Å². The summed E-state index contributed by atoms with van der Waals surface area (Å²) < 4.78 is 5.47. The lowest BCUT2D eigenvalue weighted by Gasteiger charge is -2.22. The van der Waals surface area contributed by atoms with Crippen LogP contribution in [0.5, 0.6) is 0 Å². The van der Waals surface area contributed by atoms with E-state index in [1.54, 1.807) is 0 Å². The molecule has 0 aromatic heterocycles. The summed E-state index contributed by atoms with van der Waals surface area (Å²) in [5.41, 5.74) is 0. The molecule has 61 heavy (non-hydrogen) atoms. The fourth-order valence-electron chi connectivity index (χ4n) is 8.58. The van der Waals surface area contributed by atoms with E-state index in [1.165, 1.54) is 231 Å². The summed E-state index contributed by atoms with van der Waals surface area (Å²) >= 11 is 0. The van der Waals surface area contributed by atoms with Crippen molar-refractivity contribution in [2.24, 2.45) is 0 Å². The summed E-state index contributed by atoms with van der Waals surface area (Å²) in [4.78, 5) is 24.4. The minimum Gasteiger partial charge on any atom is -0.466 e. The van der Waals surface area contributed by atoms with Crippen molar-refractivity contribution >= 4 is 11.9 Å². The topological polar surface area (TPSA) is 95.9 Å². The molecule has 0 aromatic rings. The van der Waals surface area contributed by atoms with Gasteiger partial charge in [-0.25, -0.2) is 0 Å². The zero-order valence-corrected chi connectivity index (χ0v) is 41.2. The van der Waals surface area contributed by atoms with Crippen LogP contribution in [0.1, 0.15) is 303 Å². The van der Waals surface area contributed by atoms with Crippen LogP contribution in [0.25, 0.3) is 0 Å². The van der Waals surface area contributed by atoms with E-state index >= 15 is 0 Å². The number of esters is 1. The molecule has 2 atom stereocenters. The molecular weight excluding hydrogens is 755 g/mol. The molecule has 1 amide bonds. The van der Waals surface area contributed by atoms with Crippen molar-refractivity contribution in [3.8, 4) is 0 Å². The Labute approximate surface area is 380 Å². The number of aliphatic hydroxyl groups is 2. The van der Waals surface area contributed by atoms with Gasteiger partial charge in [-0.15, -0.1) is 0 Å². The largest absolute Gasteiger partial charge is 0.466 e. The van der Waals surface area contributed by atoms with Crippen LogP contribution in [0.2, 0.25) is 0 Å². The molecule has 0 aliphatic rings. The molecule has 0 spiro atoms. The normalized spacial score (nSPS) is 12.7. The number of hydrogen-bond donors (Lipinski definition) is 3. The van der Waals surface area contributed by atoms with Crippen LogP contribution in [0.4, 0.5) is 0 Å². The Kier molecular flexibility index (Phi) is 50.1. The van der Waals surface area contributed by atoms with Crippen LogP contribution in [0.15, 0.2) is 12.2 Å². The Morgan fingerprint density at radius 3 is 1.16 bits per heavy atom. The quantitative estimate of drug-likeness (QED) is 0.0322. The Morgan fingerprint density at radius 2 is 0.770 bits per heavy atom. The summed E-state index contributed by atoms with van der Waals surface area (Å²) in [7, 11) is 0. The van der Waals surface area contributed by atoms with Crippen molar-refractivity contribution in [3.63, 3.8) is 0 Å². The third-order valence-electron chi connectivity index (χ3n) is 12.8. The maximum absolute atomic E-state index is 12.4. The molecule has 0 radical (unpaired) electrons. The summed E-state index contributed by atoms with van der Waals surface area (Å²) in [6.45, 7) is 4.94. The van der Waals surface area contributed by atoms with Gasteiger partial charge in [0.25, 0.3) is 0 Å². The molecule has 0 aliphatic carbocycles. The lowest BCUT2D eigenvalue weighted by Crippen LogP contribution is -2.45. The van der Waals surface area contributed by atoms with Crippen LogP contribution >= 0.6 is 0 Å². The molecule has 0 saturated heterocycles. The number of nitrogens with one attached hydrogen (secondary N) is 1. The van der Waals surface area contributed by atoms with Crippen molar-refractivity contribution in [2.45, 2.75) is 315 Å². The van der Waals surface area contributed by atoms with Gasteiger partial charge in [-0.05, 0) is 51.4 Å². The molecular formula is C55H107NO5. The predicted octanol–water partition coefficient (Wildman–Crippen LogP) is 16.5. The molecule has 6 nitrogen and oxygen atoms in total. The molecule has 2 unspecified atom stereocenters. The second-order valence-electron chi connectivity index (χ2n) is 18.9. The zero-order chi connectivity index (χ0) is 44.4. The van der Waals surface area contributed by atoms with Gasteiger partial charge in [-0.3, -0.25) is 9.59 Å². The summed E-state index contributed by atoms with van der Waals surface area (Å²) in [6, 6.07) is -0.545. The molecule has 0 aromatic carbocycles. The Balaban J connectivity index is 3.41. The Hall–Kier alpha value is -1.40. The van der Waals surface area contributed by atoms with Crippen LogP contribution in [-0.4, -0.2) is 47.4 Å². The van der Waals surface area contributed by atoms with Crippen molar-refractivity contribution in [3.05, 3.63) is 12.2 Å². The predicted molar refractivity (Wildman–Crippen MR) is 264 cm³/mol. The fourth-order valence-corrected chi connectivity index (χ4v) is 8.58. The molecule has 0 bridgehead atoms. The van der Waals surface area contributed by atoms with Gasteiger partial charge in [0.15, 0.2) is 0 Å². The van der Waals surface area contributed by atoms with Crippen LogP contribution in [-0.2, 0) is 14.3 Å². The van der Waals surface area contributed by atoms with E-state index in [0.29, 0.717) is 25.9 Å². The van der Waals surface area contributed by atoms with E-state index in [4.69, 9.17) is 4.74 Å². The molecule has 0 rings (SSSR count). The maximum Gasteiger partial charge on any atom is 0.305 e. The minimum atomic E-state index is -0.667. The second kappa shape index (κ2) is 51.2. The highest BCUT2D eigenvalue weighted by molar-refractivity contribution is 5.76. The van der Waals surface area contributed by atoms with E-state index in [9.17, 15) is 19.8 Å². The van der Waals surface area contributed by atoms with Gasteiger partial charge in [0.05, 0.1) is 25.4 Å². The lowest BCUT2D eigenvalue weighted by molar-refractivity contribution is -0.143. The van der Waals surface area contributed by atoms with Gasteiger partial charge in [-0.1, -0.05) is 251 Å². The number of amides is 1. The molecule has 362 valence electrons. The van der Waals surface area contributed by atoms with E-state index in [-0.39, 0.29) is 18.5 Å². The minimum absolute atomic E-state index is 0.00789. The second-order valence-corrected chi connectivity index (χ2v) is 18.9. The SMILES string of the molecule is CCCCCCCCCCCCCCCC(=O)OCCCCCCCCCCC/C=C\CCCCCCCCCC(=O)NC(CO)C(O)CCCCCCCCCCCCC. The summed E-state index contributed by atoms with van der Waals surface area (Å²) in [6.07, 6.45) is 59.1. The lowest BCUT2D eigenvalue weighted by atomic mass is 10.0. The average Bonchev–Trinajstić information content (AvgIpc) is 3.26. The van der Waals surface area contributed by atoms with Gasteiger partial charge in [0.1, 0.15) is 0 Å². The van der Waals surface area contributed by atoms with Crippen LogP contribution in [0, 0.1) is 0 Å². The summed E-state index contributed by atoms with van der Waals surface area (Å²) in [5.74, 6) is -0.0360. The first-order valence-electron chi connectivity index (χ1n) is 27.4. The highest BCUT2D eigenvalue weighted by Gasteiger charge is 2.20. The third-order valence-corrected chi connectivity index (χ3v) is 12.8. The number of carbonyl (C=O) groups is 2. The van der Waals surface area contributed by atoms with E-state index in [0.717, 1.165) is 38.5 Å². The monoisotopic (exact) mass is 862 g/mol. The number of unbranched alkanes of at least 4 members (excludes halogenated alkanes) is 38. The van der Waals surface area contributed by atoms with Gasteiger partial charge in [0, 0.05) is 12.8 Å². The third kappa shape index (κ3) is 47.9. The number of ether oxygens (including phenoxy) is 1. The number of aliphatic hydroxyl groups excluding tert-OH is 2. The zero-order valence-electron chi connectivity index (χ0n) is 41.2. The first kappa shape index (κ1) is 59.6. The highest BCUT2D eigenvalue weighted by atomic mass is 16.5. The van der Waals surface area contributed by atoms with Crippen LogP contribution < -0.4 is 5.32 Å². The van der Waals surface area contributed by atoms with Gasteiger partial charge >= 0.3 is 5.97 Å². The fraction of sp³-hybridized carbons (Fsp3) is 0.927. The van der Waals surface area contributed by atoms with Crippen molar-refractivity contribution in [2.75, 3.05) is 13.2 Å². The van der Waals surface area contributed by atoms with E-state index in [2.05, 4.69) is 31.3 Å². The Bertz CT molecular complexity index is 909. The first-order chi connectivity index (χ1) is 30.0. The number of rotatable bonds is 51. The van der Waals surface area contributed by atoms with Crippen molar-refractivity contribution < 1.29 is 24.5 Å².